The molecule has 3 rings (SSSR count). The number of nitrogens with zero attached hydrogens (tertiary/aromatic N) is 2. The van der Waals surface area contributed by atoms with Crippen molar-refractivity contribution in [1.29, 1.82) is 0 Å². The molecule has 0 spiro atoms. The van der Waals surface area contributed by atoms with Crippen molar-refractivity contribution in [2.24, 2.45) is 0 Å². The molecule has 0 radical (unpaired) electrons. The van der Waals surface area contributed by atoms with E-state index in [4.69, 9.17) is 27.9 Å². The van der Waals surface area contributed by atoms with Gasteiger partial charge < -0.3 is 20.3 Å². The molecule has 1 fully saturated rings. The molecule has 1 heterocycles. The molecule has 8 nitrogen and oxygen atoms in total. The Labute approximate surface area is 200 Å². The average Bonchev–Trinajstić information content (AvgIpc) is 3.50. The number of benzene rings is 1. The molecular formula is C21H24Cl2N4O4S. The summed E-state index contributed by atoms with van der Waals surface area (Å²) in [5.41, 5.74) is 0.876. The van der Waals surface area contributed by atoms with Gasteiger partial charge in [-0.25, -0.2) is 4.98 Å². The predicted octanol–water partition coefficient (Wildman–Crippen LogP) is 3.39. The van der Waals surface area contributed by atoms with Gasteiger partial charge >= 0.3 is 0 Å². The highest BCUT2D eigenvalue weighted by Gasteiger charge is 2.35. The molecule has 1 saturated carbocycles. The quantitative estimate of drug-likeness (QED) is 0.462. The highest BCUT2D eigenvalue weighted by atomic mass is 35.5. The Balaban J connectivity index is 1.54. The van der Waals surface area contributed by atoms with E-state index in [-0.39, 0.29) is 41.8 Å². The van der Waals surface area contributed by atoms with E-state index in [0.29, 0.717) is 34.6 Å². The molecule has 1 aliphatic carbocycles. The maximum atomic E-state index is 13.0. The third-order valence-corrected chi connectivity index (χ3v) is 6.07. The first-order chi connectivity index (χ1) is 15.4. The summed E-state index contributed by atoms with van der Waals surface area (Å²) in [6, 6.07) is 4.67. The molecular weight excluding hydrogens is 475 g/mol. The number of methoxy groups -OCH3 is 1. The first kappa shape index (κ1) is 24.4. The number of thiazole rings is 1. The molecule has 2 aromatic rings. The van der Waals surface area contributed by atoms with E-state index < -0.39 is 0 Å². The molecule has 1 aromatic heterocycles. The Kier molecular flexibility index (Phi) is 8.86. The van der Waals surface area contributed by atoms with Gasteiger partial charge in [0.2, 0.25) is 11.8 Å². The number of carbonyl (C=O) groups excluding carboxylic acids is 3. The van der Waals surface area contributed by atoms with Gasteiger partial charge in [0, 0.05) is 36.7 Å². The number of amides is 3. The predicted molar refractivity (Wildman–Crippen MR) is 124 cm³/mol. The Morgan fingerprint density at radius 3 is 2.72 bits per heavy atom. The van der Waals surface area contributed by atoms with E-state index in [0.717, 1.165) is 19.3 Å². The fourth-order valence-corrected chi connectivity index (χ4v) is 4.22. The van der Waals surface area contributed by atoms with Crippen LogP contribution in [0.25, 0.3) is 0 Å². The summed E-state index contributed by atoms with van der Waals surface area (Å²) < 4.78 is 4.94. The number of carbonyl (C=O) groups is 3. The van der Waals surface area contributed by atoms with Crippen molar-refractivity contribution in [3.63, 3.8) is 0 Å². The molecule has 32 heavy (non-hydrogen) atoms. The van der Waals surface area contributed by atoms with E-state index in [1.807, 2.05) is 0 Å². The van der Waals surface area contributed by atoms with Gasteiger partial charge in [-0.1, -0.05) is 23.2 Å². The minimum Gasteiger partial charge on any atom is -0.385 e. The Hall–Kier alpha value is -2.20. The lowest BCUT2D eigenvalue weighted by Gasteiger charge is -2.22. The van der Waals surface area contributed by atoms with Gasteiger partial charge in [-0.2, -0.15) is 0 Å². The Bertz CT molecular complexity index is 980. The van der Waals surface area contributed by atoms with Crippen LogP contribution in [0.15, 0.2) is 23.6 Å². The first-order valence-corrected chi connectivity index (χ1v) is 11.8. The molecule has 0 bridgehead atoms. The number of hydrogen-bond donors (Lipinski definition) is 2. The summed E-state index contributed by atoms with van der Waals surface area (Å²) in [7, 11) is 1.61. The number of anilines is 1. The van der Waals surface area contributed by atoms with Crippen LogP contribution in [0.4, 0.5) is 5.13 Å². The third-order valence-electron chi connectivity index (χ3n) is 4.71. The van der Waals surface area contributed by atoms with Crippen LogP contribution in [0.2, 0.25) is 10.0 Å². The van der Waals surface area contributed by atoms with E-state index >= 15 is 0 Å². The van der Waals surface area contributed by atoms with Gasteiger partial charge in [0.05, 0.1) is 22.7 Å². The highest BCUT2D eigenvalue weighted by Crippen LogP contribution is 2.30. The minimum absolute atomic E-state index is 0.00801. The van der Waals surface area contributed by atoms with Crippen LogP contribution < -0.4 is 10.6 Å². The van der Waals surface area contributed by atoms with Gasteiger partial charge in [-0.15, -0.1) is 11.3 Å². The summed E-state index contributed by atoms with van der Waals surface area (Å²) in [6.45, 7) is 0.998. The zero-order chi connectivity index (χ0) is 23.1. The fourth-order valence-electron chi connectivity index (χ4n) is 3.00. The third kappa shape index (κ3) is 7.16. The number of hydrogen-bond acceptors (Lipinski definition) is 6. The van der Waals surface area contributed by atoms with Crippen LogP contribution in [0.3, 0.4) is 0 Å². The molecule has 2 N–H and O–H groups in total. The molecule has 11 heteroatoms. The van der Waals surface area contributed by atoms with Crippen molar-refractivity contribution < 1.29 is 19.1 Å². The van der Waals surface area contributed by atoms with E-state index in [9.17, 15) is 14.4 Å². The van der Waals surface area contributed by atoms with Crippen LogP contribution in [0.5, 0.6) is 0 Å². The molecule has 1 aliphatic rings. The highest BCUT2D eigenvalue weighted by molar-refractivity contribution is 7.13. The monoisotopic (exact) mass is 498 g/mol. The summed E-state index contributed by atoms with van der Waals surface area (Å²) >= 11 is 13.3. The lowest BCUT2D eigenvalue weighted by molar-refractivity contribution is -0.120. The molecule has 0 saturated heterocycles. The first-order valence-electron chi connectivity index (χ1n) is 10.1. The van der Waals surface area contributed by atoms with E-state index in [1.165, 1.54) is 22.3 Å². The average molecular weight is 499 g/mol. The van der Waals surface area contributed by atoms with Gasteiger partial charge in [0.1, 0.15) is 6.54 Å². The van der Waals surface area contributed by atoms with Crippen molar-refractivity contribution in [3.8, 4) is 0 Å². The van der Waals surface area contributed by atoms with Crippen molar-refractivity contribution in [3.05, 3.63) is 44.9 Å². The molecule has 0 atom stereocenters. The molecule has 0 unspecified atom stereocenters. The topological polar surface area (TPSA) is 101 Å². The Morgan fingerprint density at radius 2 is 2.03 bits per heavy atom. The lowest BCUT2D eigenvalue weighted by Crippen LogP contribution is -2.39. The zero-order valence-corrected chi connectivity index (χ0v) is 19.9. The van der Waals surface area contributed by atoms with Crippen LogP contribution >= 0.6 is 34.5 Å². The molecule has 0 aliphatic heterocycles. The van der Waals surface area contributed by atoms with Crippen molar-refractivity contribution in [2.45, 2.75) is 31.7 Å². The number of aromatic nitrogens is 1. The van der Waals surface area contributed by atoms with Gasteiger partial charge in [-0.05, 0) is 37.5 Å². The minimum atomic E-state index is -0.361. The molecule has 1 aromatic carbocycles. The van der Waals surface area contributed by atoms with Crippen LogP contribution in [-0.2, 0) is 20.7 Å². The number of rotatable bonds is 11. The smallest absolute Gasteiger partial charge is 0.256 e. The van der Waals surface area contributed by atoms with Gasteiger partial charge in [0.25, 0.3) is 5.91 Å². The van der Waals surface area contributed by atoms with Crippen LogP contribution in [-0.4, -0.2) is 60.5 Å². The van der Waals surface area contributed by atoms with Gasteiger partial charge in [-0.3, -0.25) is 14.4 Å². The summed E-state index contributed by atoms with van der Waals surface area (Å²) in [5, 5.41) is 8.29. The molecule has 172 valence electrons. The second-order valence-electron chi connectivity index (χ2n) is 7.35. The SMILES string of the molecule is COCCCNC(=O)Cc1csc(NC(=O)CN(C(=O)c2ccc(Cl)cc2Cl)C2CC2)n1. The summed E-state index contributed by atoms with van der Waals surface area (Å²) in [5.74, 6) is -0.816. The second kappa shape index (κ2) is 11.6. The maximum Gasteiger partial charge on any atom is 0.256 e. The van der Waals surface area contributed by atoms with E-state index in [2.05, 4.69) is 15.6 Å². The van der Waals surface area contributed by atoms with Crippen molar-refractivity contribution in [2.75, 3.05) is 32.1 Å². The number of nitrogens with one attached hydrogen (secondary N) is 2. The van der Waals surface area contributed by atoms with Crippen molar-refractivity contribution in [1.82, 2.24) is 15.2 Å². The summed E-state index contributed by atoms with van der Waals surface area (Å²) in [4.78, 5) is 43.3. The van der Waals surface area contributed by atoms with Crippen LogP contribution in [0.1, 0.15) is 35.3 Å². The summed E-state index contributed by atoms with van der Waals surface area (Å²) in [6.07, 6.45) is 2.54. The van der Waals surface area contributed by atoms with Gasteiger partial charge in [0.15, 0.2) is 5.13 Å². The standard InChI is InChI=1S/C21H24Cl2N4O4S/c1-31-8-2-7-24-18(28)10-14-12-32-21(25-14)26-19(29)11-27(15-4-5-15)20(30)16-6-3-13(22)9-17(16)23/h3,6,9,12,15H,2,4-5,7-8,10-11H2,1H3,(H,24,28)(H,25,26,29). The number of halogens is 2. The maximum absolute atomic E-state index is 13.0. The van der Waals surface area contributed by atoms with Crippen LogP contribution in [0, 0.1) is 0 Å². The van der Waals surface area contributed by atoms with Crippen molar-refractivity contribution >= 4 is 57.4 Å². The largest absolute Gasteiger partial charge is 0.385 e. The molecule has 3 amide bonds. The van der Waals surface area contributed by atoms with E-state index in [1.54, 1.807) is 24.6 Å². The lowest BCUT2D eigenvalue weighted by atomic mass is 10.2. The Morgan fingerprint density at radius 1 is 1.25 bits per heavy atom. The fraction of sp³-hybridized carbons (Fsp3) is 0.429. The second-order valence-corrected chi connectivity index (χ2v) is 9.06. The number of ether oxygens (including phenoxy) is 1. The normalized spacial score (nSPS) is 13.0. The zero-order valence-electron chi connectivity index (χ0n) is 17.5.